The number of amides is 1. The van der Waals surface area contributed by atoms with Gasteiger partial charge in [0.15, 0.2) is 0 Å². The molecule has 0 saturated carbocycles. The molecule has 19 heavy (non-hydrogen) atoms. The molecule has 0 heterocycles. The lowest BCUT2D eigenvalue weighted by molar-refractivity contribution is -0.120. The van der Waals surface area contributed by atoms with Crippen LogP contribution in [0.15, 0.2) is 30.3 Å². The van der Waals surface area contributed by atoms with Gasteiger partial charge < -0.3 is 5.32 Å². The van der Waals surface area contributed by atoms with E-state index in [4.69, 9.17) is 0 Å². The maximum absolute atomic E-state index is 11.8. The van der Waals surface area contributed by atoms with Crippen molar-refractivity contribution in [3.8, 4) is 0 Å². The molecule has 1 unspecified atom stereocenters. The van der Waals surface area contributed by atoms with Crippen molar-refractivity contribution in [3.63, 3.8) is 0 Å². The van der Waals surface area contributed by atoms with Gasteiger partial charge in [0, 0.05) is 6.54 Å². The zero-order chi connectivity index (χ0) is 13.9. The maximum Gasteiger partial charge on any atom is 0.233 e. The molecule has 1 atom stereocenters. The van der Waals surface area contributed by atoms with Gasteiger partial charge in [-0.15, -0.1) is 0 Å². The summed E-state index contributed by atoms with van der Waals surface area (Å²) in [6.45, 7) is 0.763. The van der Waals surface area contributed by atoms with Crippen molar-refractivity contribution in [2.75, 3.05) is 18.6 Å². The van der Waals surface area contributed by atoms with Gasteiger partial charge in [0.05, 0.1) is 5.25 Å². The van der Waals surface area contributed by atoms with Crippen LogP contribution in [0.3, 0.4) is 0 Å². The normalized spacial score (nSPS) is 12.1. The fraction of sp³-hybridized carbons (Fsp3) is 0.533. The van der Waals surface area contributed by atoms with Crippen molar-refractivity contribution in [2.24, 2.45) is 0 Å². The molecule has 0 bridgehead atoms. The monoisotopic (exact) mass is 297 g/mol. The Hall–Kier alpha value is -0.610. The smallest absolute Gasteiger partial charge is 0.233 e. The van der Waals surface area contributed by atoms with E-state index in [9.17, 15) is 4.79 Å². The first-order chi connectivity index (χ1) is 9.24. The summed E-state index contributed by atoms with van der Waals surface area (Å²) >= 11 is 6.25. The second-order valence-electron chi connectivity index (χ2n) is 4.55. The number of thioether (sulfide) groups is 1. The highest BCUT2D eigenvalue weighted by Gasteiger charge is 2.13. The molecule has 0 aliphatic heterocycles. The summed E-state index contributed by atoms with van der Waals surface area (Å²) in [6, 6.07) is 10.0. The van der Waals surface area contributed by atoms with Crippen molar-refractivity contribution in [3.05, 3.63) is 35.9 Å². The van der Waals surface area contributed by atoms with Crippen LogP contribution in [0.1, 0.15) is 24.8 Å². The van der Waals surface area contributed by atoms with Gasteiger partial charge in [-0.2, -0.15) is 24.4 Å². The van der Waals surface area contributed by atoms with Crippen molar-refractivity contribution >= 4 is 30.3 Å². The maximum atomic E-state index is 11.8. The fourth-order valence-electron chi connectivity index (χ4n) is 1.81. The molecule has 0 radical (unpaired) electrons. The number of unbranched alkanes of at least 4 members (excludes halogenated alkanes) is 2. The molecular formula is C15H23NOS2. The van der Waals surface area contributed by atoms with Crippen LogP contribution < -0.4 is 5.32 Å². The van der Waals surface area contributed by atoms with Crippen LogP contribution in [-0.2, 0) is 11.2 Å². The van der Waals surface area contributed by atoms with Crippen LogP contribution in [0.4, 0.5) is 0 Å². The molecule has 1 aromatic rings. The molecule has 1 amide bonds. The molecule has 0 saturated heterocycles. The average molecular weight is 297 g/mol. The van der Waals surface area contributed by atoms with E-state index < -0.39 is 0 Å². The Kier molecular flexibility index (Phi) is 8.84. The topological polar surface area (TPSA) is 29.1 Å². The summed E-state index contributed by atoms with van der Waals surface area (Å²) in [4.78, 5) is 11.8. The van der Waals surface area contributed by atoms with Crippen molar-refractivity contribution < 1.29 is 4.79 Å². The minimum Gasteiger partial charge on any atom is -0.355 e. The molecule has 4 heteroatoms. The van der Waals surface area contributed by atoms with Crippen LogP contribution in [-0.4, -0.2) is 29.7 Å². The Morgan fingerprint density at radius 2 is 2.00 bits per heavy atom. The van der Waals surface area contributed by atoms with Crippen molar-refractivity contribution in [2.45, 2.75) is 30.9 Å². The van der Waals surface area contributed by atoms with Crippen molar-refractivity contribution in [1.29, 1.82) is 0 Å². The average Bonchev–Trinajstić information content (AvgIpc) is 2.43. The summed E-state index contributed by atoms with van der Waals surface area (Å²) in [7, 11) is 0. The quantitative estimate of drug-likeness (QED) is 0.541. The summed E-state index contributed by atoms with van der Waals surface area (Å²) in [5, 5.41) is 2.70. The van der Waals surface area contributed by atoms with Gasteiger partial charge >= 0.3 is 0 Å². The minimum absolute atomic E-state index is 0.0389. The van der Waals surface area contributed by atoms with Gasteiger partial charge in [0.2, 0.25) is 5.91 Å². The molecule has 1 N–H and O–H groups in total. The van der Waals surface area contributed by atoms with E-state index >= 15 is 0 Å². The fourth-order valence-corrected chi connectivity index (χ4v) is 2.60. The highest BCUT2D eigenvalue weighted by molar-refractivity contribution is 7.98. The third-order valence-electron chi connectivity index (χ3n) is 2.90. The number of benzene rings is 1. The first kappa shape index (κ1) is 16.4. The predicted octanol–water partition coefficient (Wildman–Crippen LogP) is 3.18. The molecule has 0 aromatic heterocycles. The molecular weight excluding hydrogens is 274 g/mol. The summed E-state index contributed by atoms with van der Waals surface area (Å²) in [6.07, 6.45) is 6.26. The summed E-state index contributed by atoms with van der Waals surface area (Å²) in [5.74, 6) is 1.24. The van der Waals surface area contributed by atoms with Gasteiger partial charge in [-0.3, -0.25) is 4.79 Å². The molecule has 0 fully saturated rings. The summed E-state index contributed by atoms with van der Waals surface area (Å²) < 4.78 is 0. The van der Waals surface area contributed by atoms with Gasteiger partial charge in [-0.05, 0) is 36.8 Å². The zero-order valence-electron chi connectivity index (χ0n) is 11.5. The molecule has 2 nitrogen and oxygen atoms in total. The molecule has 1 rings (SSSR count). The van der Waals surface area contributed by atoms with Crippen LogP contribution in [0.5, 0.6) is 0 Å². The number of carbonyl (C=O) groups excluding carboxylic acids is 1. The van der Waals surface area contributed by atoms with E-state index in [1.54, 1.807) is 0 Å². The number of nitrogens with one attached hydrogen (secondary N) is 1. The number of hydrogen-bond donors (Lipinski definition) is 2. The second kappa shape index (κ2) is 10.2. The van der Waals surface area contributed by atoms with Crippen LogP contribution in [0.2, 0.25) is 0 Å². The highest BCUT2D eigenvalue weighted by Crippen LogP contribution is 2.08. The lowest BCUT2D eigenvalue weighted by Gasteiger charge is -2.11. The van der Waals surface area contributed by atoms with Crippen LogP contribution in [0.25, 0.3) is 0 Å². The third-order valence-corrected chi connectivity index (χ3v) is 4.01. The third kappa shape index (κ3) is 7.53. The van der Waals surface area contributed by atoms with E-state index in [1.807, 2.05) is 42.1 Å². The van der Waals surface area contributed by atoms with Crippen LogP contribution in [0, 0.1) is 0 Å². The van der Waals surface area contributed by atoms with Crippen LogP contribution >= 0.6 is 24.4 Å². The Morgan fingerprint density at radius 1 is 1.26 bits per heavy atom. The molecule has 0 aliphatic carbocycles. The lowest BCUT2D eigenvalue weighted by atomic mass is 10.1. The van der Waals surface area contributed by atoms with Crippen molar-refractivity contribution in [1.82, 2.24) is 5.32 Å². The Morgan fingerprint density at radius 3 is 2.68 bits per heavy atom. The second-order valence-corrected chi connectivity index (χ2v) is 6.16. The van der Waals surface area contributed by atoms with Gasteiger partial charge in [-0.25, -0.2) is 0 Å². The lowest BCUT2D eigenvalue weighted by Crippen LogP contribution is -2.33. The first-order valence-corrected chi connectivity index (χ1v) is 8.63. The van der Waals surface area contributed by atoms with Gasteiger partial charge in [0.25, 0.3) is 0 Å². The largest absolute Gasteiger partial charge is 0.355 e. The zero-order valence-corrected chi connectivity index (χ0v) is 13.2. The van der Waals surface area contributed by atoms with E-state index in [1.165, 1.54) is 18.6 Å². The number of carbonyl (C=O) groups is 1. The van der Waals surface area contributed by atoms with Gasteiger partial charge in [-0.1, -0.05) is 36.8 Å². The number of rotatable bonds is 9. The number of thiol groups is 1. The van der Waals surface area contributed by atoms with E-state index in [2.05, 4.69) is 24.2 Å². The standard InChI is InChI=1S/C15H23NOS2/c1-19-11-7-3-6-10-16-15(17)14(18)12-13-8-4-2-5-9-13/h2,4-5,8-9,14,18H,3,6-7,10-12H2,1H3,(H,16,17). The first-order valence-electron chi connectivity index (χ1n) is 6.72. The molecule has 0 aliphatic rings. The Balaban J connectivity index is 2.15. The predicted molar refractivity (Wildman–Crippen MR) is 88.2 cm³/mol. The van der Waals surface area contributed by atoms with E-state index in [-0.39, 0.29) is 11.2 Å². The molecule has 0 spiro atoms. The highest BCUT2D eigenvalue weighted by atomic mass is 32.2. The minimum atomic E-state index is -0.256. The van der Waals surface area contributed by atoms with E-state index in [0.29, 0.717) is 6.42 Å². The number of hydrogen-bond acceptors (Lipinski definition) is 3. The van der Waals surface area contributed by atoms with E-state index in [0.717, 1.165) is 18.5 Å². The SMILES string of the molecule is CSCCCCCNC(=O)C(S)Cc1ccccc1. The summed E-state index contributed by atoms with van der Waals surface area (Å²) in [5.41, 5.74) is 1.15. The Labute approximate surface area is 126 Å². The molecule has 106 valence electrons. The molecule has 1 aromatic carbocycles. The van der Waals surface area contributed by atoms with Gasteiger partial charge in [0.1, 0.15) is 0 Å². The Bertz CT molecular complexity index is 356.